The summed E-state index contributed by atoms with van der Waals surface area (Å²) in [5.74, 6) is -0.906. The van der Waals surface area contributed by atoms with E-state index in [0.717, 1.165) is 16.0 Å². The van der Waals surface area contributed by atoms with Gasteiger partial charge in [-0.15, -0.1) is 0 Å². The molecule has 0 saturated heterocycles. The number of nitrogens with one attached hydrogen (secondary N) is 1. The second kappa shape index (κ2) is 9.53. The number of aryl methyl sites for hydroxylation is 1. The average Bonchev–Trinajstić information content (AvgIpc) is 3.03. The largest absolute Gasteiger partial charge is 0.423 e. The van der Waals surface area contributed by atoms with Crippen molar-refractivity contribution in [2.24, 2.45) is 0 Å². The fourth-order valence-electron chi connectivity index (χ4n) is 3.58. The zero-order valence-electron chi connectivity index (χ0n) is 19.0. The van der Waals surface area contributed by atoms with E-state index in [2.05, 4.69) is 5.32 Å². The molecular weight excluding hydrogens is 452 g/mol. The van der Waals surface area contributed by atoms with Crippen LogP contribution in [-0.4, -0.2) is 17.8 Å². The molecule has 0 aliphatic carbocycles. The lowest BCUT2D eigenvalue weighted by Crippen LogP contribution is -2.32. The van der Waals surface area contributed by atoms with Crippen molar-refractivity contribution < 1.29 is 19.1 Å². The molecule has 34 heavy (non-hydrogen) atoms. The van der Waals surface area contributed by atoms with Gasteiger partial charge in [-0.25, -0.2) is 9.69 Å². The molecule has 3 aromatic rings. The molecule has 172 valence electrons. The molecule has 3 aromatic carbocycles. The molecule has 6 nitrogen and oxygen atoms in total. The second-order valence-corrected chi connectivity index (χ2v) is 8.63. The Hall–Kier alpha value is -3.90. The predicted molar refractivity (Wildman–Crippen MR) is 132 cm³/mol. The molecule has 7 heteroatoms. The number of halogens is 1. The van der Waals surface area contributed by atoms with Crippen LogP contribution in [0.5, 0.6) is 5.75 Å². The maximum absolute atomic E-state index is 12.9. The number of hydrogen-bond acceptors (Lipinski definition) is 5. The Kier molecular flexibility index (Phi) is 6.52. The van der Waals surface area contributed by atoms with Crippen LogP contribution in [0, 0.1) is 6.92 Å². The molecular formula is C27H23ClN2O4. The summed E-state index contributed by atoms with van der Waals surface area (Å²) in [7, 11) is 0. The van der Waals surface area contributed by atoms with Gasteiger partial charge in [0, 0.05) is 5.69 Å². The molecule has 0 aromatic heterocycles. The summed E-state index contributed by atoms with van der Waals surface area (Å²) in [5, 5.41) is 2.71. The Balaban J connectivity index is 1.48. The topological polar surface area (TPSA) is 75.7 Å². The first-order chi connectivity index (χ1) is 16.3. The zero-order valence-corrected chi connectivity index (χ0v) is 19.7. The first kappa shape index (κ1) is 23.3. The number of imide groups is 1. The maximum atomic E-state index is 12.9. The van der Waals surface area contributed by atoms with E-state index in [-0.39, 0.29) is 16.6 Å². The van der Waals surface area contributed by atoms with Gasteiger partial charge in [-0.05, 0) is 60.9 Å². The van der Waals surface area contributed by atoms with Crippen LogP contribution in [0.3, 0.4) is 0 Å². The van der Waals surface area contributed by atoms with E-state index in [1.54, 1.807) is 42.5 Å². The van der Waals surface area contributed by atoms with Crippen molar-refractivity contribution in [1.29, 1.82) is 0 Å². The molecule has 0 atom stereocenters. The van der Waals surface area contributed by atoms with Gasteiger partial charge < -0.3 is 10.1 Å². The van der Waals surface area contributed by atoms with Gasteiger partial charge >= 0.3 is 5.97 Å². The molecule has 0 fully saturated rings. The molecule has 0 unspecified atom stereocenters. The fraction of sp³-hybridized carbons (Fsp3) is 0.148. The second-order valence-electron chi connectivity index (χ2n) is 8.25. The SMILES string of the molecule is Cc1ccc(N2C(=O)C(Cl)=C(Nc3ccc(C(=O)Oc4ccccc4C(C)C)cc3)C2=O)cc1. The highest BCUT2D eigenvalue weighted by molar-refractivity contribution is 6.53. The van der Waals surface area contributed by atoms with Crippen molar-refractivity contribution in [2.75, 3.05) is 10.2 Å². The fourth-order valence-corrected chi connectivity index (χ4v) is 3.80. The molecule has 0 spiro atoms. The summed E-state index contributed by atoms with van der Waals surface area (Å²) in [6.07, 6.45) is 0. The summed E-state index contributed by atoms with van der Waals surface area (Å²) < 4.78 is 5.59. The monoisotopic (exact) mass is 474 g/mol. The minimum atomic E-state index is -0.595. The lowest BCUT2D eigenvalue weighted by Gasteiger charge is -2.15. The van der Waals surface area contributed by atoms with Crippen molar-refractivity contribution in [1.82, 2.24) is 0 Å². The molecule has 1 aliphatic heterocycles. The zero-order chi connectivity index (χ0) is 24.4. The molecule has 2 amide bonds. The number of carbonyl (C=O) groups is 3. The normalized spacial score (nSPS) is 13.6. The molecule has 0 bridgehead atoms. The average molecular weight is 475 g/mol. The number of rotatable bonds is 6. The van der Waals surface area contributed by atoms with Crippen LogP contribution in [0.1, 0.15) is 41.3 Å². The summed E-state index contributed by atoms with van der Waals surface area (Å²) in [4.78, 5) is 39.2. The number of para-hydroxylation sites is 1. The minimum Gasteiger partial charge on any atom is -0.423 e. The maximum Gasteiger partial charge on any atom is 0.343 e. The van der Waals surface area contributed by atoms with Gasteiger partial charge in [0.05, 0.1) is 11.3 Å². The van der Waals surface area contributed by atoms with Crippen LogP contribution >= 0.6 is 11.6 Å². The van der Waals surface area contributed by atoms with Gasteiger partial charge in [-0.3, -0.25) is 9.59 Å². The van der Waals surface area contributed by atoms with E-state index in [4.69, 9.17) is 16.3 Å². The van der Waals surface area contributed by atoms with E-state index in [1.807, 2.05) is 51.1 Å². The highest BCUT2D eigenvalue weighted by atomic mass is 35.5. The molecule has 1 aliphatic rings. The Morgan fingerprint density at radius 2 is 1.56 bits per heavy atom. The van der Waals surface area contributed by atoms with E-state index in [1.165, 1.54) is 0 Å². The van der Waals surface area contributed by atoms with Crippen molar-refractivity contribution in [3.8, 4) is 5.75 Å². The first-order valence-electron chi connectivity index (χ1n) is 10.8. The van der Waals surface area contributed by atoms with Crippen LogP contribution in [0.4, 0.5) is 11.4 Å². The number of benzene rings is 3. The Labute approximate surface area is 202 Å². The van der Waals surface area contributed by atoms with Crippen LogP contribution in [0.15, 0.2) is 83.5 Å². The molecule has 1 N–H and O–H groups in total. The lowest BCUT2D eigenvalue weighted by molar-refractivity contribution is -0.120. The third-order valence-electron chi connectivity index (χ3n) is 5.45. The molecule has 4 rings (SSSR count). The van der Waals surface area contributed by atoms with Gasteiger partial charge in [0.2, 0.25) is 0 Å². The van der Waals surface area contributed by atoms with Crippen LogP contribution in [0.25, 0.3) is 0 Å². The van der Waals surface area contributed by atoms with Crippen molar-refractivity contribution in [3.63, 3.8) is 0 Å². The first-order valence-corrected chi connectivity index (χ1v) is 11.2. The van der Waals surface area contributed by atoms with Gasteiger partial charge in [0.1, 0.15) is 16.5 Å². The summed E-state index contributed by atoms with van der Waals surface area (Å²) >= 11 is 6.19. The number of ether oxygens (including phenoxy) is 1. The van der Waals surface area contributed by atoms with E-state index < -0.39 is 17.8 Å². The van der Waals surface area contributed by atoms with Crippen LogP contribution in [-0.2, 0) is 9.59 Å². The van der Waals surface area contributed by atoms with Crippen LogP contribution in [0.2, 0.25) is 0 Å². The van der Waals surface area contributed by atoms with E-state index in [9.17, 15) is 14.4 Å². The van der Waals surface area contributed by atoms with Crippen LogP contribution < -0.4 is 15.0 Å². The highest BCUT2D eigenvalue weighted by Gasteiger charge is 2.38. The van der Waals surface area contributed by atoms with Crippen molar-refractivity contribution in [2.45, 2.75) is 26.7 Å². The van der Waals surface area contributed by atoms with Gasteiger partial charge in [0.25, 0.3) is 11.8 Å². The number of esters is 1. The number of amides is 2. The molecule has 1 heterocycles. The number of hydrogen-bond donors (Lipinski definition) is 1. The summed E-state index contributed by atoms with van der Waals surface area (Å²) in [6.45, 7) is 5.97. The summed E-state index contributed by atoms with van der Waals surface area (Å²) in [5.41, 5.74) is 3.21. The van der Waals surface area contributed by atoms with Gasteiger partial charge in [0.15, 0.2) is 0 Å². The Morgan fingerprint density at radius 3 is 2.21 bits per heavy atom. The van der Waals surface area contributed by atoms with E-state index >= 15 is 0 Å². The quantitative estimate of drug-likeness (QED) is 0.278. The number of nitrogens with zero attached hydrogens (tertiary/aromatic N) is 1. The van der Waals surface area contributed by atoms with E-state index in [0.29, 0.717) is 22.7 Å². The number of anilines is 2. The highest BCUT2D eigenvalue weighted by Crippen LogP contribution is 2.31. The third kappa shape index (κ3) is 4.58. The Bertz CT molecular complexity index is 1290. The van der Waals surface area contributed by atoms with Crippen molar-refractivity contribution in [3.05, 3.63) is 100 Å². The number of carbonyl (C=O) groups excluding carboxylic acids is 3. The molecule has 0 radical (unpaired) electrons. The standard InChI is InChI=1S/C27H23ClN2O4/c1-16(2)21-6-4-5-7-22(21)34-27(33)18-10-12-19(13-11-18)29-24-23(28)25(31)30(26(24)32)20-14-8-17(3)9-15-20/h4-16,29H,1-3H3. The van der Waals surface area contributed by atoms with Crippen molar-refractivity contribution >= 4 is 40.8 Å². The molecule has 0 saturated carbocycles. The third-order valence-corrected chi connectivity index (χ3v) is 5.80. The summed E-state index contributed by atoms with van der Waals surface area (Å²) in [6, 6.07) is 20.8. The predicted octanol–water partition coefficient (Wildman–Crippen LogP) is 5.77. The smallest absolute Gasteiger partial charge is 0.343 e. The van der Waals surface area contributed by atoms with Gasteiger partial charge in [-0.1, -0.05) is 61.3 Å². The Morgan fingerprint density at radius 1 is 0.912 bits per heavy atom. The van der Waals surface area contributed by atoms with Gasteiger partial charge in [-0.2, -0.15) is 0 Å². The lowest BCUT2D eigenvalue weighted by atomic mass is 10.0. The minimum absolute atomic E-state index is 0.0200.